The average molecular weight is 269 g/mol. The van der Waals surface area contributed by atoms with Crippen molar-refractivity contribution in [3.8, 4) is 0 Å². The molecule has 1 aliphatic carbocycles. The molecule has 1 amide bonds. The zero-order chi connectivity index (χ0) is 14.4. The number of rotatable bonds is 5. The summed E-state index contributed by atoms with van der Waals surface area (Å²) in [5.74, 6) is -3.31. The first-order valence-electron chi connectivity index (χ1n) is 6.32. The van der Waals surface area contributed by atoms with Gasteiger partial charge in [-0.25, -0.2) is 4.79 Å². The highest BCUT2D eigenvalue weighted by Crippen LogP contribution is 2.26. The van der Waals surface area contributed by atoms with Crippen molar-refractivity contribution in [1.82, 2.24) is 5.32 Å². The van der Waals surface area contributed by atoms with Crippen LogP contribution in [-0.2, 0) is 19.1 Å². The van der Waals surface area contributed by atoms with Crippen LogP contribution in [0.25, 0.3) is 0 Å². The van der Waals surface area contributed by atoms with Crippen LogP contribution in [0.1, 0.15) is 26.7 Å². The van der Waals surface area contributed by atoms with Crippen molar-refractivity contribution in [2.45, 2.75) is 32.7 Å². The van der Waals surface area contributed by atoms with E-state index in [2.05, 4.69) is 5.32 Å². The number of hydrogen-bond donors (Lipinski definition) is 2. The van der Waals surface area contributed by atoms with E-state index >= 15 is 0 Å². The third-order valence-corrected chi connectivity index (χ3v) is 3.09. The van der Waals surface area contributed by atoms with Gasteiger partial charge in [-0.2, -0.15) is 0 Å². The number of allylic oxidation sites excluding steroid dienone is 2. The fourth-order valence-electron chi connectivity index (χ4n) is 2.02. The SMILES string of the molecule is CCOC(=O)C(C)NC(=O)C1CC=CCC1C(=O)O. The maximum atomic E-state index is 12.0. The number of carboxylic acids is 1. The first-order chi connectivity index (χ1) is 8.97. The highest BCUT2D eigenvalue weighted by atomic mass is 16.5. The van der Waals surface area contributed by atoms with Crippen LogP contribution in [0.2, 0.25) is 0 Å². The van der Waals surface area contributed by atoms with Crippen molar-refractivity contribution < 1.29 is 24.2 Å². The molecule has 0 aliphatic heterocycles. The molecule has 0 aromatic heterocycles. The summed E-state index contributed by atoms with van der Waals surface area (Å²) in [5.41, 5.74) is 0. The lowest BCUT2D eigenvalue weighted by molar-refractivity contribution is -0.149. The molecule has 6 heteroatoms. The van der Waals surface area contributed by atoms with Gasteiger partial charge in [-0.1, -0.05) is 12.2 Å². The lowest BCUT2D eigenvalue weighted by atomic mass is 9.82. The predicted octanol–water partition coefficient (Wildman–Crippen LogP) is 0.721. The Hall–Kier alpha value is -1.85. The number of esters is 1. The number of nitrogens with one attached hydrogen (secondary N) is 1. The van der Waals surface area contributed by atoms with E-state index in [9.17, 15) is 14.4 Å². The number of carbonyl (C=O) groups excluding carboxylic acids is 2. The Labute approximate surface area is 111 Å². The highest BCUT2D eigenvalue weighted by molar-refractivity contribution is 5.88. The summed E-state index contributed by atoms with van der Waals surface area (Å²) >= 11 is 0. The number of carbonyl (C=O) groups is 3. The summed E-state index contributed by atoms with van der Waals surface area (Å²) in [6, 6.07) is -0.771. The lowest BCUT2D eigenvalue weighted by Crippen LogP contribution is -2.45. The lowest BCUT2D eigenvalue weighted by Gasteiger charge is -2.25. The van der Waals surface area contributed by atoms with Crippen molar-refractivity contribution in [2.24, 2.45) is 11.8 Å². The number of amides is 1. The Morgan fingerprint density at radius 2 is 1.89 bits per heavy atom. The first kappa shape index (κ1) is 15.2. The van der Waals surface area contributed by atoms with E-state index in [1.165, 1.54) is 6.92 Å². The second-order valence-corrected chi connectivity index (χ2v) is 4.48. The molecule has 1 aliphatic rings. The van der Waals surface area contributed by atoms with Crippen LogP contribution in [-0.4, -0.2) is 35.6 Å². The molecule has 0 saturated carbocycles. The third-order valence-electron chi connectivity index (χ3n) is 3.09. The van der Waals surface area contributed by atoms with Gasteiger partial charge in [0.25, 0.3) is 0 Å². The maximum Gasteiger partial charge on any atom is 0.328 e. The van der Waals surface area contributed by atoms with E-state index < -0.39 is 35.7 Å². The van der Waals surface area contributed by atoms with E-state index in [0.717, 1.165) is 0 Å². The molecule has 2 N–H and O–H groups in total. The van der Waals surface area contributed by atoms with Gasteiger partial charge in [0.2, 0.25) is 5.91 Å². The highest BCUT2D eigenvalue weighted by Gasteiger charge is 2.35. The topological polar surface area (TPSA) is 92.7 Å². The van der Waals surface area contributed by atoms with Gasteiger partial charge in [-0.05, 0) is 26.7 Å². The van der Waals surface area contributed by atoms with Gasteiger partial charge in [0.1, 0.15) is 6.04 Å². The van der Waals surface area contributed by atoms with E-state index in [-0.39, 0.29) is 6.61 Å². The fourth-order valence-corrected chi connectivity index (χ4v) is 2.02. The minimum atomic E-state index is -0.992. The molecule has 0 aromatic rings. The third kappa shape index (κ3) is 4.08. The molecular formula is C13H19NO5. The Morgan fingerprint density at radius 3 is 2.42 bits per heavy atom. The monoisotopic (exact) mass is 269 g/mol. The number of ether oxygens (including phenoxy) is 1. The molecule has 0 radical (unpaired) electrons. The summed E-state index contributed by atoms with van der Waals surface area (Å²) in [7, 11) is 0. The molecular weight excluding hydrogens is 250 g/mol. The first-order valence-corrected chi connectivity index (χ1v) is 6.32. The fraction of sp³-hybridized carbons (Fsp3) is 0.615. The molecule has 3 unspecified atom stereocenters. The van der Waals surface area contributed by atoms with Gasteiger partial charge in [0, 0.05) is 0 Å². The summed E-state index contributed by atoms with van der Waals surface area (Å²) in [4.78, 5) is 34.5. The minimum Gasteiger partial charge on any atom is -0.481 e. The Morgan fingerprint density at radius 1 is 1.32 bits per heavy atom. The quantitative estimate of drug-likeness (QED) is 0.566. The van der Waals surface area contributed by atoms with Crippen molar-refractivity contribution in [3.05, 3.63) is 12.2 Å². The standard InChI is InChI=1S/C13H19NO5/c1-3-19-13(18)8(2)14-11(15)9-6-4-5-7-10(9)12(16)17/h4-5,8-10H,3,6-7H2,1-2H3,(H,14,15)(H,16,17). The largest absolute Gasteiger partial charge is 0.481 e. The van der Waals surface area contributed by atoms with Crippen LogP contribution < -0.4 is 5.32 Å². The van der Waals surface area contributed by atoms with Crippen molar-refractivity contribution >= 4 is 17.8 Å². The number of hydrogen-bond acceptors (Lipinski definition) is 4. The molecule has 106 valence electrons. The van der Waals surface area contributed by atoms with Crippen molar-refractivity contribution in [1.29, 1.82) is 0 Å². The summed E-state index contributed by atoms with van der Waals surface area (Å²) in [6.07, 6.45) is 4.26. The normalized spacial score (nSPS) is 23.5. The zero-order valence-corrected chi connectivity index (χ0v) is 11.1. The van der Waals surface area contributed by atoms with E-state index in [1.54, 1.807) is 19.1 Å². The van der Waals surface area contributed by atoms with Gasteiger partial charge in [-0.15, -0.1) is 0 Å². The molecule has 19 heavy (non-hydrogen) atoms. The minimum absolute atomic E-state index is 0.239. The van der Waals surface area contributed by atoms with Crippen LogP contribution in [0.3, 0.4) is 0 Å². The van der Waals surface area contributed by atoms with Gasteiger partial charge >= 0.3 is 11.9 Å². The molecule has 1 rings (SSSR count). The van der Waals surface area contributed by atoms with Crippen LogP contribution in [0, 0.1) is 11.8 Å². The second-order valence-electron chi connectivity index (χ2n) is 4.48. The molecule has 3 atom stereocenters. The number of aliphatic carboxylic acids is 1. The average Bonchev–Trinajstić information content (AvgIpc) is 2.38. The summed E-state index contributed by atoms with van der Waals surface area (Å²) < 4.78 is 4.78. The zero-order valence-electron chi connectivity index (χ0n) is 11.1. The molecule has 0 heterocycles. The number of carboxylic acid groups (broad SMARTS) is 1. The van der Waals surface area contributed by atoms with E-state index in [1.807, 2.05) is 0 Å². The van der Waals surface area contributed by atoms with Crippen molar-refractivity contribution in [3.63, 3.8) is 0 Å². The van der Waals surface area contributed by atoms with E-state index in [0.29, 0.717) is 12.8 Å². The molecule has 0 saturated heterocycles. The summed E-state index contributed by atoms with van der Waals surface area (Å²) in [6.45, 7) is 3.44. The second kappa shape index (κ2) is 6.92. The molecule has 0 bridgehead atoms. The van der Waals surface area contributed by atoms with Crippen LogP contribution in [0.4, 0.5) is 0 Å². The van der Waals surface area contributed by atoms with Crippen molar-refractivity contribution in [2.75, 3.05) is 6.61 Å². The van der Waals surface area contributed by atoms with Crippen LogP contribution in [0.15, 0.2) is 12.2 Å². The molecule has 0 fully saturated rings. The van der Waals surface area contributed by atoms with Gasteiger partial charge in [0.15, 0.2) is 0 Å². The summed E-state index contributed by atoms with van der Waals surface area (Å²) in [5, 5.41) is 11.6. The maximum absolute atomic E-state index is 12.0. The Kier molecular flexibility index (Phi) is 5.54. The van der Waals surface area contributed by atoms with Gasteiger partial charge < -0.3 is 15.2 Å². The van der Waals surface area contributed by atoms with Crippen LogP contribution >= 0.6 is 0 Å². The van der Waals surface area contributed by atoms with Gasteiger partial charge in [0.05, 0.1) is 18.4 Å². The molecule has 0 aromatic carbocycles. The molecule has 6 nitrogen and oxygen atoms in total. The molecule has 0 spiro atoms. The Bertz CT molecular complexity index is 390. The van der Waals surface area contributed by atoms with Crippen LogP contribution in [0.5, 0.6) is 0 Å². The smallest absolute Gasteiger partial charge is 0.328 e. The Balaban J connectivity index is 2.63. The van der Waals surface area contributed by atoms with E-state index in [4.69, 9.17) is 9.84 Å². The predicted molar refractivity (Wildman–Crippen MR) is 67.2 cm³/mol. The van der Waals surface area contributed by atoms with Gasteiger partial charge in [-0.3, -0.25) is 9.59 Å².